The van der Waals surface area contributed by atoms with Crippen molar-refractivity contribution in [1.82, 2.24) is 30.0 Å². The highest BCUT2D eigenvalue weighted by Crippen LogP contribution is 2.53. The second-order valence-corrected chi connectivity index (χ2v) is 25.1. The van der Waals surface area contributed by atoms with Gasteiger partial charge in [-0.3, -0.25) is 38.9 Å². The van der Waals surface area contributed by atoms with Crippen molar-refractivity contribution in [3.05, 3.63) is 123 Å². The Labute approximate surface area is 459 Å². The van der Waals surface area contributed by atoms with Gasteiger partial charge in [0.15, 0.2) is 21.3 Å². The summed E-state index contributed by atoms with van der Waals surface area (Å²) in [6.45, 7) is 11.8. The molecule has 2 unspecified atom stereocenters. The van der Waals surface area contributed by atoms with Crippen molar-refractivity contribution >= 4 is 72.4 Å². The SMILES string of the molecule is Cc1ccc(NC(=O)C2(c3ccc4c(c3)OC(F)(F)O4)CC2)nc1-c1cccc(C(=O)NCCS(=O)(=O)CCOCCN2C[C@H](C)N(Cc3c(C)cc(Cl)cc3-c3ccnc4cc(CN5C(=O)C6CC6C5=O)sc34)[C@@H](C)C2)c1. The molecule has 4 atom stereocenters. The topological polar surface area (TPSA) is 190 Å². The Kier molecular flexibility index (Phi) is 14.4. The first-order valence-electron chi connectivity index (χ1n) is 26.1. The van der Waals surface area contributed by atoms with Gasteiger partial charge in [0.2, 0.25) is 17.7 Å². The van der Waals surface area contributed by atoms with Crippen molar-refractivity contribution in [2.24, 2.45) is 11.8 Å². The minimum atomic E-state index is -3.77. The number of halogens is 3. The molecule has 5 aliphatic rings. The summed E-state index contributed by atoms with van der Waals surface area (Å²) in [6.07, 6.45) is -0.292. The van der Waals surface area contributed by atoms with Crippen LogP contribution in [0.1, 0.15) is 70.6 Å². The van der Waals surface area contributed by atoms with E-state index in [9.17, 15) is 36.4 Å². The van der Waals surface area contributed by atoms with Gasteiger partial charge in [-0.1, -0.05) is 35.9 Å². The molecular formula is C57H58ClF2N7O9S2. The highest BCUT2D eigenvalue weighted by atomic mass is 35.5. The summed E-state index contributed by atoms with van der Waals surface area (Å²) in [4.78, 5) is 68.9. The zero-order chi connectivity index (χ0) is 54.8. The standard InChI is InChI=1S/C57H58ClF2N7O9S2/c1-32-8-11-49(64-55(71)56(13-14-56)38-9-10-47-48(24-38)76-57(59,60)75-47)63-50(32)36-6-5-7-37(23-36)52(68)62-16-20-78(72,73)21-19-74-18-17-65-28-34(3)66(35(4)29-65)31-45-33(2)22-39(58)25-42(45)41-12-15-61-46-26-40(77-51(41)46)30-67-53(69)43-27-44(43)54(67)70/h5-12,15,22-26,34-35,43-44H,13-14,16-21,27-31H2,1-4H3,(H,62,68)(H,63,64,71)/t34-,35-,43?,44?/m0/s1. The van der Waals surface area contributed by atoms with Gasteiger partial charge in [-0.2, -0.15) is 0 Å². The van der Waals surface area contributed by atoms with Gasteiger partial charge in [0, 0.05) is 77.6 Å². The first-order valence-corrected chi connectivity index (χ1v) is 29.1. The maximum absolute atomic E-state index is 13.7. The minimum Gasteiger partial charge on any atom is -0.395 e. The molecule has 2 N–H and O–H groups in total. The molecule has 6 aromatic rings. The second-order valence-electron chi connectivity index (χ2n) is 21.2. The number of thiophene rings is 1. The summed E-state index contributed by atoms with van der Waals surface area (Å²) >= 11 is 8.29. The number of piperazine rings is 1. The monoisotopic (exact) mass is 1120 g/mol. The number of nitrogens with one attached hydrogen (secondary N) is 2. The van der Waals surface area contributed by atoms with Crippen LogP contribution in [0.25, 0.3) is 32.6 Å². The molecule has 0 spiro atoms. The number of amides is 4. The van der Waals surface area contributed by atoms with Gasteiger partial charge in [0.05, 0.1) is 64.4 Å². The van der Waals surface area contributed by atoms with E-state index in [4.69, 9.17) is 21.3 Å². The number of sulfone groups is 1. The lowest BCUT2D eigenvalue weighted by Crippen LogP contribution is -2.56. The van der Waals surface area contributed by atoms with Crippen LogP contribution in [0, 0.1) is 25.7 Å². The van der Waals surface area contributed by atoms with Crippen molar-refractivity contribution in [2.45, 2.75) is 83.8 Å². The van der Waals surface area contributed by atoms with Crippen molar-refractivity contribution < 1.29 is 50.6 Å². The Balaban J connectivity index is 0.633. The number of aryl methyl sites for hydroxylation is 2. The fourth-order valence-corrected chi connectivity index (χ4v) is 13.6. The molecule has 2 aliphatic carbocycles. The van der Waals surface area contributed by atoms with Crippen LogP contribution in [0.15, 0.2) is 85.1 Å². The Morgan fingerprint density at radius 2 is 1.63 bits per heavy atom. The number of imide groups is 1. The number of carbonyl (C=O) groups excluding carboxylic acids is 4. The molecule has 3 aliphatic heterocycles. The fraction of sp³-hybridized carbons (Fsp3) is 0.404. The molecule has 3 aromatic carbocycles. The molecule has 6 heterocycles. The van der Waals surface area contributed by atoms with Gasteiger partial charge < -0.3 is 24.8 Å². The molecule has 21 heteroatoms. The van der Waals surface area contributed by atoms with Gasteiger partial charge >= 0.3 is 6.29 Å². The van der Waals surface area contributed by atoms with Crippen LogP contribution in [0.3, 0.4) is 0 Å². The summed E-state index contributed by atoms with van der Waals surface area (Å²) < 4.78 is 69.4. The predicted octanol–water partition coefficient (Wildman–Crippen LogP) is 8.55. The third-order valence-electron chi connectivity index (χ3n) is 15.6. The molecule has 4 amide bonds. The molecule has 0 bridgehead atoms. The summed E-state index contributed by atoms with van der Waals surface area (Å²) in [7, 11) is -3.56. The number of nitrogens with zero attached hydrogens (tertiary/aromatic N) is 5. The van der Waals surface area contributed by atoms with Crippen LogP contribution in [-0.4, -0.2) is 126 Å². The molecule has 408 valence electrons. The molecule has 78 heavy (non-hydrogen) atoms. The van der Waals surface area contributed by atoms with E-state index in [1.54, 1.807) is 60.0 Å². The average Bonchev–Trinajstić information content (AvgIpc) is 4.44. The zero-order valence-corrected chi connectivity index (χ0v) is 45.8. The quantitative estimate of drug-likeness (QED) is 0.0580. The molecule has 0 radical (unpaired) electrons. The van der Waals surface area contributed by atoms with E-state index in [0.29, 0.717) is 66.4 Å². The van der Waals surface area contributed by atoms with Crippen molar-refractivity contribution in [3.8, 4) is 33.9 Å². The van der Waals surface area contributed by atoms with Crippen LogP contribution in [0.5, 0.6) is 11.5 Å². The maximum Gasteiger partial charge on any atom is 0.586 e. The van der Waals surface area contributed by atoms with Crippen LogP contribution >= 0.6 is 22.9 Å². The number of rotatable bonds is 19. The molecule has 16 nitrogen and oxygen atoms in total. The summed E-state index contributed by atoms with van der Waals surface area (Å²) in [5.74, 6) is -1.64. The number of likely N-dealkylation sites (tertiary alicyclic amines) is 1. The lowest BCUT2D eigenvalue weighted by atomic mass is 9.94. The van der Waals surface area contributed by atoms with Crippen molar-refractivity contribution in [1.29, 1.82) is 0 Å². The van der Waals surface area contributed by atoms with E-state index in [0.717, 1.165) is 50.4 Å². The fourth-order valence-electron chi connectivity index (χ4n) is 11.2. The maximum atomic E-state index is 13.7. The number of benzene rings is 3. The number of hydrogen-bond donors (Lipinski definition) is 2. The van der Waals surface area contributed by atoms with E-state index in [1.165, 1.54) is 22.6 Å². The number of carbonyl (C=O) groups is 4. The smallest absolute Gasteiger partial charge is 0.395 e. The van der Waals surface area contributed by atoms with E-state index in [-0.39, 0.29) is 90.2 Å². The third-order valence-corrected chi connectivity index (χ3v) is 18.6. The molecule has 11 rings (SSSR count). The van der Waals surface area contributed by atoms with Crippen molar-refractivity contribution in [3.63, 3.8) is 0 Å². The third kappa shape index (κ3) is 11.0. The van der Waals surface area contributed by atoms with E-state index >= 15 is 0 Å². The Bertz CT molecular complexity index is 3490. The lowest BCUT2D eigenvalue weighted by molar-refractivity contribution is -0.286. The first kappa shape index (κ1) is 53.6. The average molecular weight is 1120 g/mol. The van der Waals surface area contributed by atoms with E-state index < -0.39 is 27.5 Å². The first-order chi connectivity index (χ1) is 37.2. The van der Waals surface area contributed by atoms with Crippen LogP contribution < -0.4 is 20.1 Å². The van der Waals surface area contributed by atoms with Gasteiger partial charge in [-0.05, 0) is 129 Å². The summed E-state index contributed by atoms with van der Waals surface area (Å²) in [6, 6.07) is 22.9. The molecule has 2 saturated carbocycles. The van der Waals surface area contributed by atoms with E-state index in [1.807, 2.05) is 31.2 Å². The number of ether oxygens (including phenoxy) is 3. The normalized spacial score (nSPS) is 21.2. The summed E-state index contributed by atoms with van der Waals surface area (Å²) in [5, 5.41) is 6.24. The van der Waals surface area contributed by atoms with Gasteiger partial charge in [-0.25, -0.2) is 13.4 Å². The summed E-state index contributed by atoms with van der Waals surface area (Å²) in [5.41, 5.74) is 6.88. The van der Waals surface area contributed by atoms with E-state index in [2.05, 4.69) is 55.7 Å². The van der Waals surface area contributed by atoms with Crippen LogP contribution in [0.2, 0.25) is 5.02 Å². The Morgan fingerprint density at radius 3 is 2.38 bits per heavy atom. The molecule has 4 fully saturated rings. The van der Waals surface area contributed by atoms with Crippen LogP contribution in [-0.2, 0) is 47.5 Å². The number of pyridine rings is 2. The molecule has 3 aromatic heterocycles. The van der Waals surface area contributed by atoms with Crippen molar-refractivity contribution in [2.75, 3.05) is 56.2 Å². The van der Waals surface area contributed by atoms with Gasteiger partial charge in [0.25, 0.3) is 5.91 Å². The highest BCUT2D eigenvalue weighted by Gasteiger charge is 2.59. The number of aromatic nitrogens is 2. The second kappa shape index (κ2) is 21.0. The van der Waals surface area contributed by atoms with Gasteiger partial charge in [0.1, 0.15) is 5.82 Å². The van der Waals surface area contributed by atoms with Crippen LogP contribution in [0.4, 0.5) is 14.6 Å². The lowest BCUT2D eigenvalue weighted by Gasteiger charge is -2.45. The zero-order valence-electron chi connectivity index (χ0n) is 43.4. The Morgan fingerprint density at radius 1 is 0.872 bits per heavy atom. The number of fused-ring (bicyclic) bond motifs is 3. The minimum absolute atomic E-state index is 0.0260. The molecular weight excluding hydrogens is 1060 g/mol. The van der Waals surface area contributed by atoms with Gasteiger partial charge in [-0.15, -0.1) is 20.1 Å². The predicted molar refractivity (Wildman–Crippen MR) is 291 cm³/mol. The molecule has 2 saturated heterocycles. The number of piperidine rings is 1. The number of alkyl halides is 2. The number of anilines is 1. The largest absolute Gasteiger partial charge is 0.586 e. The highest BCUT2D eigenvalue weighted by molar-refractivity contribution is 7.91. The Hall–Kier alpha value is -6.42. The number of hydrogen-bond acceptors (Lipinski definition) is 14.